The minimum atomic E-state index is -1.54. The number of benzene rings is 1. The van der Waals surface area contributed by atoms with Crippen molar-refractivity contribution < 1.29 is 19.0 Å². The molecule has 1 N–H and O–H groups in total. The van der Waals surface area contributed by atoms with E-state index >= 15 is 0 Å². The largest absolute Gasteiger partial charge is 0.497 e. The third-order valence-corrected chi connectivity index (χ3v) is 5.32. The summed E-state index contributed by atoms with van der Waals surface area (Å²) in [5.74, 6) is 0.641. The van der Waals surface area contributed by atoms with E-state index in [1.165, 1.54) is 5.56 Å². The third-order valence-electron chi connectivity index (χ3n) is 5.32. The topological polar surface area (TPSA) is 53.0 Å². The number of rotatable bonds is 5. The molecular weight excluding hydrogens is 323 g/mol. The molecule has 1 aliphatic carbocycles. The van der Waals surface area contributed by atoms with Crippen molar-refractivity contribution in [3.63, 3.8) is 0 Å². The van der Waals surface area contributed by atoms with Crippen LogP contribution >= 0.6 is 0 Å². The highest BCUT2D eigenvalue weighted by atomic mass is 19.1. The van der Waals surface area contributed by atoms with Gasteiger partial charge in [0.25, 0.3) is 0 Å². The first kappa shape index (κ1) is 18.1. The molecule has 6 heteroatoms. The summed E-state index contributed by atoms with van der Waals surface area (Å²) in [6, 6.07) is 8.06. The lowest BCUT2D eigenvalue weighted by Gasteiger charge is -2.41. The molecular formula is C19H27FN2O3. The predicted octanol–water partition coefficient (Wildman–Crippen LogP) is 1.84. The van der Waals surface area contributed by atoms with Crippen LogP contribution in [0.2, 0.25) is 0 Å². The molecule has 2 fully saturated rings. The summed E-state index contributed by atoms with van der Waals surface area (Å²) in [5.41, 5.74) is -0.309. The number of nitrogens with zero attached hydrogens (tertiary/aromatic N) is 2. The highest BCUT2D eigenvalue weighted by molar-refractivity contribution is 5.80. The first-order valence-electron chi connectivity index (χ1n) is 8.97. The van der Waals surface area contributed by atoms with Crippen LogP contribution in [-0.4, -0.2) is 66.4 Å². The molecule has 0 aromatic heterocycles. The molecule has 1 aromatic carbocycles. The second kappa shape index (κ2) is 7.70. The number of carbonyl (C=O) groups is 1. The predicted molar refractivity (Wildman–Crippen MR) is 93.1 cm³/mol. The molecule has 5 nitrogen and oxygen atoms in total. The van der Waals surface area contributed by atoms with Crippen molar-refractivity contribution in [3.05, 3.63) is 29.8 Å². The second-order valence-electron chi connectivity index (χ2n) is 7.22. The number of halogens is 1. The maximum absolute atomic E-state index is 13.8. The van der Waals surface area contributed by atoms with Crippen molar-refractivity contribution in [1.29, 1.82) is 0 Å². The van der Waals surface area contributed by atoms with Crippen molar-refractivity contribution in [2.75, 3.05) is 39.9 Å². The van der Waals surface area contributed by atoms with E-state index in [0.29, 0.717) is 6.54 Å². The first-order chi connectivity index (χ1) is 12.0. The van der Waals surface area contributed by atoms with Gasteiger partial charge in [0.2, 0.25) is 5.91 Å². The zero-order valence-electron chi connectivity index (χ0n) is 14.8. The van der Waals surface area contributed by atoms with Crippen LogP contribution in [0.15, 0.2) is 24.3 Å². The number of aliphatic hydroxyl groups excluding tert-OH is 1. The molecule has 0 bridgehead atoms. The highest BCUT2D eigenvalue weighted by Crippen LogP contribution is 2.41. The third kappa shape index (κ3) is 4.30. The average molecular weight is 350 g/mol. The lowest BCUT2D eigenvalue weighted by Crippen LogP contribution is -2.51. The van der Waals surface area contributed by atoms with E-state index in [0.717, 1.165) is 38.3 Å². The molecule has 2 aliphatic rings. The number of aliphatic hydroxyl groups is 1. The Bertz CT molecular complexity index is 587. The standard InChI is InChI=1S/C19H27FN2O3/c1-25-17-5-3-15(4-6-17)13-21-7-2-8-22(10-9-21)18(24)16-11-19(20,12-16)14-23/h3-6,16,23H,2,7-14H2,1H3. The smallest absolute Gasteiger partial charge is 0.225 e. The Labute approximate surface area is 148 Å². The van der Waals surface area contributed by atoms with Gasteiger partial charge in [-0.25, -0.2) is 4.39 Å². The van der Waals surface area contributed by atoms with Gasteiger partial charge in [-0.1, -0.05) is 12.1 Å². The van der Waals surface area contributed by atoms with E-state index in [1.807, 2.05) is 17.0 Å². The molecule has 1 heterocycles. The van der Waals surface area contributed by atoms with Gasteiger partial charge in [-0.05, 0) is 37.0 Å². The molecule has 0 atom stereocenters. The van der Waals surface area contributed by atoms with Gasteiger partial charge < -0.3 is 14.7 Å². The zero-order valence-corrected chi connectivity index (χ0v) is 14.8. The van der Waals surface area contributed by atoms with Crippen molar-refractivity contribution >= 4 is 5.91 Å². The van der Waals surface area contributed by atoms with Gasteiger partial charge in [0, 0.05) is 38.6 Å². The zero-order chi connectivity index (χ0) is 17.9. The maximum Gasteiger partial charge on any atom is 0.225 e. The normalized spacial score (nSPS) is 27.5. The van der Waals surface area contributed by atoms with Crippen LogP contribution in [0.1, 0.15) is 24.8 Å². The second-order valence-corrected chi connectivity index (χ2v) is 7.22. The Morgan fingerprint density at radius 3 is 2.60 bits per heavy atom. The molecule has 1 saturated heterocycles. The lowest BCUT2D eigenvalue weighted by atomic mass is 9.72. The first-order valence-corrected chi connectivity index (χ1v) is 8.97. The minimum Gasteiger partial charge on any atom is -0.497 e. The lowest BCUT2D eigenvalue weighted by molar-refractivity contribution is -0.147. The molecule has 138 valence electrons. The summed E-state index contributed by atoms with van der Waals surface area (Å²) in [6.07, 6.45) is 1.25. The van der Waals surface area contributed by atoms with E-state index in [1.54, 1.807) is 7.11 Å². The number of carbonyl (C=O) groups excluding carboxylic acids is 1. The SMILES string of the molecule is COc1ccc(CN2CCCN(C(=O)C3CC(F)(CO)C3)CC2)cc1. The molecule has 1 aromatic rings. The molecule has 1 saturated carbocycles. The van der Waals surface area contributed by atoms with Crippen molar-refractivity contribution in [2.24, 2.45) is 5.92 Å². The number of amides is 1. The Morgan fingerprint density at radius 2 is 1.96 bits per heavy atom. The van der Waals surface area contributed by atoms with E-state index in [4.69, 9.17) is 9.84 Å². The van der Waals surface area contributed by atoms with Gasteiger partial charge in [0.15, 0.2) is 0 Å². The fraction of sp³-hybridized carbons (Fsp3) is 0.632. The van der Waals surface area contributed by atoms with E-state index < -0.39 is 12.3 Å². The van der Waals surface area contributed by atoms with Gasteiger partial charge in [0.05, 0.1) is 13.7 Å². The van der Waals surface area contributed by atoms with Gasteiger partial charge in [-0.2, -0.15) is 0 Å². The number of ether oxygens (including phenoxy) is 1. The van der Waals surface area contributed by atoms with Crippen LogP contribution < -0.4 is 4.74 Å². The Balaban J connectivity index is 1.49. The maximum atomic E-state index is 13.8. The monoisotopic (exact) mass is 350 g/mol. The number of hydrogen-bond donors (Lipinski definition) is 1. The molecule has 0 spiro atoms. The molecule has 3 rings (SSSR count). The van der Waals surface area contributed by atoms with Crippen molar-refractivity contribution in [3.8, 4) is 5.75 Å². The quantitative estimate of drug-likeness (QED) is 0.880. The fourth-order valence-corrected chi connectivity index (χ4v) is 3.72. The summed E-state index contributed by atoms with van der Waals surface area (Å²) in [7, 11) is 1.66. The Hall–Kier alpha value is -1.66. The Kier molecular flexibility index (Phi) is 5.59. The summed E-state index contributed by atoms with van der Waals surface area (Å²) in [6.45, 7) is 3.56. The van der Waals surface area contributed by atoms with Crippen LogP contribution in [0, 0.1) is 5.92 Å². The van der Waals surface area contributed by atoms with Crippen LogP contribution in [0.3, 0.4) is 0 Å². The van der Waals surface area contributed by atoms with Crippen molar-refractivity contribution in [1.82, 2.24) is 9.80 Å². The molecule has 0 unspecified atom stereocenters. The van der Waals surface area contributed by atoms with Crippen LogP contribution in [-0.2, 0) is 11.3 Å². The molecule has 1 amide bonds. The van der Waals surface area contributed by atoms with Crippen LogP contribution in [0.4, 0.5) is 4.39 Å². The minimum absolute atomic E-state index is 0.0491. The molecule has 1 aliphatic heterocycles. The van der Waals surface area contributed by atoms with Crippen LogP contribution in [0.25, 0.3) is 0 Å². The highest BCUT2D eigenvalue weighted by Gasteiger charge is 2.48. The number of hydrogen-bond acceptors (Lipinski definition) is 4. The fourth-order valence-electron chi connectivity index (χ4n) is 3.72. The average Bonchev–Trinajstić information content (AvgIpc) is 2.84. The summed E-state index contributed by atoms with van der Waals surface area (Å²) in [4.78, 5) is 16.7. The van der Waals surface area contributed by atoms with Gasteiger partial charge >= 0.3 is 0 Å². The molecule has 0 radical (unpaired) electrons. The number of methoxy groups -OCH3 is 1. The van der Waals surface area contributed by atoms with E-state index in [9.17, 15) is 9.18 Å². The van der Waals surface area contributed by atoms with Crippen molar-refractivity contribution in [2.45, 2.75) is 31.5 Å². The van der Waals surface area contributed by atoms with Gasteiger partial charge in [-0.15, -0.1) is 0 Å². The van der Waals surface area contributed by atoms with Gasteiger partial charge in [0.1, 0.15) is 11.4 Å². The van der Waals surface area contributed by atoms with Gasteiger partial charge in [-0.3, -0.25) is 9.69 Å². The Morgan fingerprint density at radius 1 is 1.24 bits per heavy atom. The van der Waals surface area contributed by atoms with E-state index in [2.05, 4.69) is 17.0 Å². The number of alkyl halides is 1. The summed E-state index contributed by atoms with van der Waals surface area (Å²) >= 11 is 0. The molecule has 25 heavy (non-hydrogen) atoms. The van der Waals surface area contributed by atoms with Crippen LogP contribution in [0.5, 0.6) is 5.75 Å². The summed E-state index contributed by atoms with van der Waals surface area (Å²) < 4.78 is 19.0. The van der Waals surface area contributed by atoms with E-state index in [-0.39, 0.29) is 24.7 Å². The summed E-state index contributed by atoms with van der Waals surface area (Å²) in [5, 5.41) is 8.99.